The third kappa shape index (κ3) is 9.03. The van der Waals surface area contributed by atoms with Crippen LogP contribution in [0.2, 0.25) is 0 Å². The van der Waals surface area contributed by atoms with Gasteiger partial charge in [-0.1, -0.05) is 54.6 Å². The molecule has 3 aromatic carbocycles. The maximum absolute atomic E-state index is 14.8. The van der Waals surface area contributed by atoms with Crippen LogP contribution in [-0.2, 0) is 32.0 Å². The molecule has 2 aliphatic heterocycles. The van der Waals surface area contributed by atoms with E-state index < -0.39 is 78.0 Å². The van der Waals surface area contributed by atoms with Crippen molar-refractivity contribution in [1.82, 2.24) is 20.0 Å². The number of aromatic nitrogens is 1. The van der Waals surface area contributed by atoms with E-state index in [-0.39, 0.29) is 56.0 Å². The van der Waals surface area contributed by atoms with Crippen molar-refractivity contribution in [3.63, 3.8) is 0 Å². The van der Waals surface area contributed by atoms with Crippen molar-refractivity contribution >= 4 is 25.3 Å². The molecular formula is C40H44F2N5O9P. The number of benzene rings is 3. The molecule has 0 radical (unpaired) electrons. The van der Waals surface area contributed by atoms with Crippen molar-refractivity contribution in [1.29, 1.82) is 0 Å². The first-order valence-corrected chi connectivity index (χ1v) is 20.2. The Bertz CT molecular complexity index is 2220. The van der Waals surface area contributed by atoms with Crippen molar-refractivity contribution in [2.45, 2.75) is 58.2 Å². The first-order chi connectivity index (χ1) is 27.2. The molecule has 1 fully saturated rings. The molecule has 0 saturated carbocycles. The van der Waals surface area contributed by atoms with E-state index in [4.69, 9.17) is 18.7 Å². The minimum atomic E-state index is -4.01. The first kappa shape index (κ1) is 41.1. The van der Waals surface area contributed by atoms with Crippen molar-refractivity contribution in [3.05, 3.63) is 129 Å². The third-order valence-electron chi connectivity index (χ3n) is 9.62. The number of rotatable bonds is 15. The zero-order chi connectivity index (χ0) is 40.9. The summed E-state index contributed by atoms with van der Waals surface area (Å²) in [5.41, 5.74) is -2.14. The second-order valence-corrected chi connectivity index (χ2v) is 16.2. The Morgan fingerprint density at radius 1 is 1.00 bits per heavy atom. The van der Waals surface area contributed by atoms with Crippen molar-refractivity contribution in [2.75, 3.05) is 38.0 Å². The molecule has 1 spiro atoms. The van der Waals surface area contributed by atoms with E-state index >= 15 is 0 Å². The first-order valence-electron chi connectivity index (χ1n) is 18.4. The van der Waals surface area contributed by atoms with Gasteiger partial charge in [0.15, 0.2) is 17.1 Å². The van der Waals surface area contributed by atoms with Crippen LogP contribution in [0.15, 0.2) is 89.9 Å². The Balaban J connectivity index is 1.44. The van der Waals surface area contributed by atoms with Crippen molar-refractivity contribution in [3.8, 4) is 11.5 Å². The highest BCUT2D eigenvalue weighted by Crippen LogP contribution is 2.45. The summed E-state index contributed by atoms with van der Waals surface area (Å²) in [6, 6.07) is 19.1. The van der Waals surface area contributed by atoms with Crippen molar-refractivity contribution < 1.29 is 46.5 Å². The number of carbonyl (C=O) groups is 3. The summed E-state index contributed by atoms with van der Waals surface area (Å²) in [5, 5.41) is 7.05. The third-order valence-corrected chi connectivity index (χ3v) is 11.7. The van der Waals surface area contributed by atoms with E-state index in [2.05, 4.69) is 10.4 Å². The molecule has 0 bridgehead atoms. The molecule has 1 unspecified atom stereocenters. The summed E-state index contributed by atoms with van der Waals surface area (Å²) >= 11 is 0. The number of para-hydroxylation sites is 1. The molecule has 1 aromatic heterocycles. The lowest BCUT2D eigenvalue weighted by Gasteiger charge is -2.52. The number of hydrogen-bond acceptors (Lipinski definition) is 10. The molecule has 4 aromatic rings. The Morgan fingerprint density at radius 2 is 1.70 bits per heavy atom. The molecule has 17 heteroatoms. The molecule has 6 rings (SSSR count). The molecule has 57 heavy (non-hydrogen) atoms. The summed E-state index contributed by atoms with van der Waals surface area (Å²) < 4.78 is 67.7. The lowest BCUT2D eigenvalue weighted by atomic mass is 10.0. The van der Waals surface area contributed by atoms with Crippen LogP contribution >= 0.6 is 7.52 Å². The summed E-state index contributed by atoms with van der Waals surface area (Å²) in [6.07, 6.45) is 0.772. The highest BCUT2D eigenvalue weighted by molar-refractivity contribution is 7.57. The Kier molecular flexibility index (Phi) is 12.5. The van der Waals surface area contributed by atoms with Gasteiger partial charge in [0.2, 0.25) is 5.43 Å². The van der Waals surface area contributed by atoms with E-state index in [1.165, 1.54) is 28.8 Å². The number of amides is 2. The molecule has 302 valence electrons. The fourth-order valence-corrected chi connectivity index (χ4v) is 8.56. The van der Waals surface area contributed by atoms with Gasteiger partial charge in [-0.25, -0.2) is 13.9 Å². The highest BCUT2D eigenvalue weighted by Gasteiger charge is 2.53. The molecule has 2 amide bonds. The quantitative estimate of drug-likeness (QED) is 0.123. The molecule has 3 atom stereocenters. The van der Waals surface area contributed by atoms with Crippen LogP contribution < -0.4 is 30.1 Å². The average Bonchev–Trinajstić information content (AvgIpc) is 3.67. The summed E-state index contributed by atoms with van der Waals surface area (Å²) in [4.78, 5) is 56.8. The number of nitrogens with one attached hydrogen (secondary N) is 2. The second-order valence-electron chi connectivity index (χ2n) is 14.0. The number of ether oxygens (including phenoxy) is 3. The standard InChI is InChI=1S/C40H44F2N5O9P/c1-26(2)55-39(51)27(3)44-57(52,56-31-13-9-6-10-14-31)20-18-47-40(17-19-53-25-40)45(4)38(50)34-36(54-24-28-11-7-5-8-12-28)35(48)32(23-46(34)47)37(49)43-22-29-15-16-30(41)21-33(29)42/h5-16,21,23,26-27H,17-20,22,24-25H2,1-4H3,(H,43,49)(H,44,52)/t27-,40-,57?/m0/s1. The Hall–Kier alpha value is -5.57. The zero-order valence-corrected chi connectivity index (χ0v) is 32.8. The van der Waals surface area contributed by atoms with Crippen LogP contribution in [0, 0.1) is 11.6 Å². The molecule has 2 aliphatic rings. The van der Waals surface area contributed by atoms with Gasteiger partial charge in [0.25, 0.3) is 11.8 Å². The van der Waals surface area contributed by atoms with Gasteiger partial charge in [0.1, 0.15) is 35.6 Å². The maximum Gasteiger partial charge on any atom is 0.323 e. The minimum Gasteiger partial charge on any atom is -0.482 e. The molecule has 14 nitrogen and oxygen atoms in total. The van der Waals surface area contributed by atoms with E-state index in [9.17, 15) is 32.5 Å². The Morgan fingerprint density at radius 3 is 2.35 bits per heavy atom. The van der Waals surface area contributed by atoms with Gasteiger partial charge in [-0.05, 0) is 44.5 Å². The predicted molar refractivity (Wildman–Crippen MR) is 206 cm³/mol. The van der Waals surface area contributed by atoms with E-state index in [0.29, 0.717) is 11.6 Å². The summed E-state index contributed by atoms with van der Waals surface area (Å²) in [5.74, 6) is -4.04. The molecule has 2 N–H and O–H groups in total. The van der Waals surface area contributed by atoms with E-state index in [1.54, 1.807) is 86.6 Å². The molecule has 0 aliphatic carbocycles. The van der Waals surface area contributed by atoms with Gasteiger partial charge in [0.05, 0.1) is 25.5 Å². The van der Waals surface area contributed by atoms with E-state index in [1.807, 2.05) is 0 Å². The molecular weight excluding hydrogens is 763 g/mol. The van der Waals surface area contributed by atoms with Gasteiger partial charge in [0, 0.05) is 44.4 Å². The molecule has 1 saturated heterocycles. The monoisotopic (exact) mass is 807 g/mol. The fourth-order valence-electron chi connectivity index (χ4n) is 6.67. The van der Waals surface area contributed by atoms with Gasteiger partial charge in [-0.3, -0.25) is 33.4 Å². The predicted octanol–water partition coefficient (Wildman–Crippen LogP) is 4.98. The number of likely N-dealkylation sites (N-methyl/N-ethyl adjacent to an activating group) is 1. The Labute approximate surface area is 328 Å². The van der Waals surface area contributed by atoms with Crippen molar-refractivity contribution in [2.24, 2.45) is 0 Å². The average molecular weight is 808 g/mol. The van der Waals surface area contributed by atoms with Gasteiger partial charge >= 0.3 is 13.5 Å². The molecule has 3 heterocycles. The minimum absolute atomic E-state index is 0.000769. The zero-order valence-electron chi connectivity index (χ0n) is 31.9. The fraction of sp³-hybridized carbons (Fsp3) is 0.350. The van der Waals surface area contributed by atoms with Gasteiger partial charge < -0.3 is 29.0 Å². The maximum atomic E-state index is 14.8. The topological polar surface area (TPSA) is 158 Å². The largest absolute Gasteiger partial charge is 0.482 e. The normalized spacial score (nSPS) is 17.9. The lowest BCUT2D eigenvalue weighted by Crippen LogP contribution is -2.70. The number of pyridine rings is 1. The number of esters is 1. The van der Waals surface area contributed by atoms with Gasteiger partial charge in [-0.2, -0.15) is 0 Å². The highest BCUT2D eigenvalue weighted by atomic mass is 31.2. The summed E-state index contributed by atoms with van der Waals surface area (Å²) in [7, 11) is -2.45. The lowest BCUT2D eigenvalue weighted by molar-refractivity contribution is -0.149. The number of nitrogens with zero attached hydrogens (tertiary/aromatic N) is 3. The summed E-state index contributed by atoms with van der Waals surface area (Å²) in [6.45, 7) is 4.46. The number of fused-ring (bicyclic) bond motifs is 1. The van der Waals surface area contributed by atoms with Crippen LogP contribution in [0.5, 0.6) is 11.5 Å². The van der Waals surface area contributed by atoms with Crippen LogP contribution in [0.25, 0.3) is 0 Å². The van der Waals surface area contributed by atoms with Crippen LogP contribution in [0.4, 0.5) is 8.78 Å². The van der Waals surface area contributed by atoms with Crippen LogP contribution in [0.1, 0.15) is 59.2 Å². The number of halogens is 2. The SMILES string of the molecule is CC(C)OC(=O)[C@H](C)NP(=O)(CCN1n2cc(C(=O)NCc3ccc(F)cc3F)c(=O)c(OCc3ccccc3)c2C(=O)N(C)[C@@]12CCOC2)Oc1ccccc1. The van der Waals surface area contributed by atoms with E-state index in [0.717, 1.165) is 6.07 Å². The van der Waals surface area contributed by atoms with Gasteiger partial charge in [-0.15, -0.1) is 0 Å². The number of carbonyl (C=O) groups excluding carboxylic acids is 3. The van der Waals surface area contributed by atoms with Crippen LogP contribution in [-0.4, -0.2) is 78.1 Å². The second kappa shape index (κ2) is 17.3. The smallest absolute Gasteiger partial charge is 0.323 e. The van der Waals surface area contributed by atoms with Crippen LogP contribution in [0.3, 0.4) is 0 Å². The number of hydrogen-bond donors (Lipinski definition) is 2.